The summed E-state index contributed by atoms with van der Waals surface area (Å²) in [7, 11) is 2.21. The Hall–Kier alpha value is -0.930. The molecule has 1 aliphatic carbocycles. The van der Waals surface area contributed by atoms with Crippen molar-refractivity contribution in [3.05, 3.63) is 35.6 Å². The zero-order chi connectivity index (χ0) is 14.7. The van der Waals surface area contributed by atoms with E-state index in [9.17, 15) is 4.39 Å². The monoisotopic (exact) mass is 290 g/mol. The zero-order valence-electron chi connectivity index (χ0n) is 13.0. The number of nitrogens with one attached hydrogen (secondary N) is 1. The lowest BCUT2D eigenvalue weighted by molar-refractivity contribution is 0.161. The number of likely N-dealkylation sites (tertiary alicyclic amines) is 1. The van der Waals surface area contributed by atoms with Crippen molar-refractivity contribution in [2.45, 2.75) is 50.6 Å². The van der Waals surface area contributed by atoms with Crippen LogP contribution in [0.1, 0.15) is 37.7 Å². The molecule has 116 valence electrons. The Kier molecular flexibility index (Phi) is 4.91. The number of benzene rings is 1. The van der Waals surface area contributed by atoms with Crippen LogP contribution in [0.25, 0.3) is 0 Å². The van der Waals surface area contributed by atoms with Gasteiger partial charge in [0, 0.05) is 25.2 Å². The topological polar surface area (TPSA) is 15.3 Å². The molecule has 1 aromatic rings. The highest BCUT2D eigenvalue weighted by Gasteiger charge is 2.27. The molecule has 1 aromatic carbocycles. The predicted octanol–water partition coefficient (Wildman–Crippen LogP) is 3.22. The summed E-state index contributed by atoms with van der Waals surface area (Å²) in [6.45, 7) is 2.27. The van der Waals surface area contributed by atoms with E-state index in [0.717, 1.165) is 31.1 Å². The van der Waals surface area contributed by atoms with Crippen LogP contribution in [0.5, 0.6) is 0 Å². The molecule has 1 aliphatic heterocycles. The largest absolute Gasteiger partial charge is 0.310 e. The highest BCUT2D eigenvalue weighted by atomic mass is 19.1. The molecule has 3 heteroatoms. The maximum absolute atomic E-state index is 13.3. The molecule has 3 rings (SSSR count). The molecule has 1 saturated carbocycles. The van der Waals surface area contributed by atoms with Crippen molar-refractivity contribution in [1.82, 2.24) is 10.2 Å². The van der Waals surface area contributed by atoms with Crippen molar-refractivity contribution in [2.75, 3.05) is 20.1 Å². The third-order valence-corrected chi connectivity index (χ3v) is 4.96. The van der Waals surface area contributed by atoms with E-state index in [1.165, 1.54) is 38.2 Å². The molecule has 1 heterocycles. The summed E-state index contributed by atoms with van der Waals surface area (Å²) in [4.78, 5) is 2.43. The van der Waals surface area contributed by atoms with Crippen molar-refractivity contribution in [3.8, 4) is 0 Å². The van der Waals surface area contributed by atoms with E-state index in [0.29, 0.717) is 12.0 Å². The van der Waals surface area contributed by atoms with Crippen molar-refractivity contribution < 1.29 is 4.39 Å². The molecule has 2 atom stereocenters. The van der Waals surface area contributed by atoms with Gasteiger partial charge in [0.2, 0.25) is 0 Å². The van der Waals surface area contributed by atoms with Gasteiger partial charge < -0.3 is 10.2 Å². The second-order valence-corrected chi connectivity index (χ2v) is 7.00. The van der Waals surface area contributed by atoms with Gasteiger partial charge >= 0.3 is 0 Å². The molecule has 0 bridgehead atoms. The lowest BCUT2D eigenvalue weighted by Gasteiger charge is -2.37. The van der Waals surface area contributed by atoms with Gasteiger partial charge in [-0.1, -0.05) is 25.0 Å². The standard InChI is InChI=1S/C18H27FN2/c1-21-12-15(9-14-5-4-6-16(19)10-14)11-18(13-21)20-17-7-2-3-8-17/h4-6,10,15,17-18,20H,2-3,7-9,11-13H2,1H3. The smallest absolute Gasteiger partial charge is 0.123 e. The van der Waals surface area contributed by atoms with Gasteiger partial charge in [0.1, 0.15) is 5.82 Å². The van der Waals surface area contributed by atoms with Crippen molar-refractivity contribution in [2.24, 2.45) is 5.92 Å². The second-order valence-electron chi connectivity index (χ2n) is 7.00. The zero-order valence-corrected chi connectivity index (χ0v) is 13.0. The van der Waals surface area contributed by atoms with Crippen LogP contribution in [0.15, 0.2) is 24.3 Å². The molecule has 0 radical (unpaired) electrons. The van der Waals surface area contributed by atoms with Gasteiger partial charge in [-0.15, -0.1) is 0 Å². The van der Waals surface area contributed by atoms with Crippen LogP contribution in [0.2, 0.25) is 0 Å². The van der Waals surface area contributed by atoms with Crippen molar-refractivity contribution in [3.63, 3.8) is 0 Å². The fraction of sp³-hybridized carbons (Fsp3) is 0.667. The maximum atomic E-state index is 13.3. The number of hydrogen-bond donors (Lipinski definition) is 1. The van der Waals surface area contributed by atoms with Crippen LogP contribution in [0.3, 0.4) is 0 Å². The first-order valence-electron chi connectivity index (χ1n) is 8.38. The summed E-state index contributed by atoms with van der Waals surface area (Å²) in [5.41, 5.74) is 1.13. The molecule has 0 aromatic heterocycles. The van der Waals surface area contributed by atoms with Crippen molar-refractivity contribution >= 4 is 0 Å². The first-order chi connectivity index (χ1) is 10.2. The van der Waals surface area contributed by atoms with Crippen LogP contribution < -0.4 is 5.32 Å². The van der Waals surface area contributed by atoms with Crippen molar-refractivity contribution in [1.29, 1.82) is 0 Å². The minimum atomic E-state index is -0.114. The lowest BCUT2D eigenvalue weighted by atomic mass is 9.88. The summed E-state index contributed by atoms with van der Waals surface area (Å²) in [6.07, 6.45) is 7.66. The highest BCUT2D eigenvalue weighted by molar-refractivity contribution is 5.17. The molecule has 0 amide bonds. The number of nitrogens with zero attached hydrogens (tertiary/aromatic N) is 1. The van der Waals surface area contributed by atoms with Gasteiger partial charge in [-0.3, -0.25) is 0 Å². The van der Waals surface area contributed by atoms with E-state index in [1.807, 2.05) is 6.07 Å². The maximum Gasteiger partial charge on any atom is 0.123 e. The molecule has 2 unspecified atom stereocenters. The summed E-state index contributed by atoms with van der Waals surface area (Å²) < 4.78 is 13.3. The third kappa shape index (κ3) is 4.27. The van der Waals surface area contributed by atoms with Crippen LogP contribution in [0.4, 0.5) is 4.39 Å². The molecular formula is C18H27FN2. The first kappa shape index (κ1) is 15.0. The quantitative estimate of drug-likeness (QED) is 0.916. The predicted molar refractivity (Wildman–Crippen MR) is 84.9 cm³/mol. The third-order valence-electron chi connectivity index (χ3n) is 4.96. The van der Waals surface area contributed by atoms with E-state index < -0.39 is 0 Å². The van der Waals surface area contributed by atoms with Gasteiger partial charge in [-0.25, -0.2) is 4.39 Å². The average Bonchev–Trinajstić information content (AvgIpc) is 2.90. The van der Waals surface area contributed by atoms with Gasteiger partial charge in [0.25, 0.3) is 0 Å². The Bertz CT molecular complexity index is 456. The van der Waals surface area contributed by atoms with Gasteiger partial charge in [-0.2, -0.15) is 0 Å². The fourth-order valence-corrected chi connectivity index (χ4v) is 4.13. The Morgan fingerprint density at radius 1 is 1.19 bits per heavy atom. The molecule has 21 heavy (non-hydrogen) atoms. The minimum absolute atomic E-state index is 0.114. The Morgan fingerprint density at radius 2 is 2.00 bits per heavy atom. The SMILES string of the molecule is CN1CC(Cc2cccc(F)c2)CC(NC2CCCC2)C1. The minimum Gasteiger partial charge on any atom is -0.310 e. The summed E-state index contributed by atoms with van der Waals surface area (Å²) in [6, 6.07) is 8.43. The number of halogens is 1. The van der Waals surface area contributed by atoms with Crippen LogP contribution >= 0.6 is 0 Å². The van der Waals surface area contributed by atoms with E-state index in [2.05, 4.69) is 23.3 Å². The van der Waals surface area contributed by atoms with Gasteiger partial charge in [0.15, 0.2) is 0 Å². The molecule has 1 saturated heterocycles. The second kappa shape index (κ2) is 6.89. The van der Waals surface area contributed by atoms with Crippen LogP contribution in [-0.4, -0.2) is 37.1 Å². The fourth-order valence-electron chi connectivity index (χ4n) is 4.13. The molecule has 1 N–H and O–H groups in total. The number of rotatable bonds is 4. The number of piperidine rings is 1. The summed E-state index contributed by atoms with van der Waals surface area (Å²) >= 11 is 0. The number of hydrogen-bond acceptors (Lipinski definition) is 2. The van der Waals surface area contributed by atoms with E-state index in [-0.39, 0.29) is 5.82 Å². The average molecular weight is 290 g/mol. The van der Waals surface area contributed by atoms with E-state index >= 15 is 0 Å². The highest BCUT2D eigenvalue weighted by Crippen LogP contribution is 2.24. The van der Waals surface area contributed by atoms with E-state index in [1.54, 1.807) is 6.07 Å². The molecule has 0 spiro atoms. The Morgan fingerprint density at radius 3 is 2.76 bits per heavy atom. The molecular weight excluding hydrogens is 263 g/mol. The Labute approximate surface area is 127 Å². The Balaban J connectivity index is 1.57. The normalized spacial score (nSPS) is 28.1. The lowest BCUT2D eigenvalue weighted by Crippen LogP contribution is -2.50. The van der Waals surface area contributed by atoms with Crippen LogP contribution in [0, 0.1) is 11.7 Å². The first-order valence-corrected chi connectivity index (χ1v) is 8.38. The molecule has 2 fully saturated rings. The van der Waals surface area contributed by atoms with E-state index in [4.69, 9.17) is 0 Å². The van der Waals surface area contributed by atoms with Gasteiger partial charge in [-0.05, 0) is 56.3 Å². The molecule has 2 aliphatic rings. The van der Waals surface area contributed by atoms with Crippen LogP contribution in [-0.2, 0) is 6.42 Å². The summed E-state index contributed by atoms with van der Waals surface area (Å²) in [5, 5.41) is 3.86. The summed E-state index contributed by atoms with van der Waals surface area (Å²) in [5.74, 6) is 0.516. The number of likely N-dealkylation sites (N-methyl/N-ethyl adjacent to an activating group) is 1. The van der Waals surface area contributed by atoms with Gasteiger partial charge in [0.05, 0.1) is 0 Å². The molecule has 2 nitrogen and oxygen atoms in total.